The summed E-state index contributed by atoms with van der Waals surface area (Å²) in [7, 11) is 0. The van der Waals surface area contributed by atoms with Crippen LogP contribution in [0.2, 0.25) is 0 Å². The number of rotatable bonds is 6. The van der Waals surface area contributed by atoms with Crippen LogP contribution in [-0.2, 0) is 4.79 Å². The molecule has 0 fully saturated rings. The van der Waals surface area contributed by atoms with Crippen LogP contribution in [0.4, 0.5) is 5.69 Å². The van der Waals surface area contributed by atoms with E-state index in [0.717, 1.165) is 10.8 Å². The third-order valence-electron chi connectivity index (χ3n) is 4.26. The highest BCUT2D eigenvalue weighted by Gasteiger charge is 2.32. The number of fused-ring (bicyclic) bond motifs is 1. The molecule has 3 rings (SSSR count). The molecule has 0 aliphatic rings. The van der Waals surface area contributed by atoms with Crippen molar-refractivity contribution in [2.45, 2.75) is 12.5 Å². The maximum Gasteiger partial charge on any atom is 0.326 e. The van der Waals surface area contributed by atoms with Gasteiger partial charge < -0.3 is 5.11 Å². The van der Waals surface area contributed by atoms with Crippen molar-refractivity contribution < 1.29 is 14.7 Å². The summed E-state index contributed by atoms with van der Waals surface area (Å²) in [6.07, 6.45) is 0.250. The van der Waals surface area contributed by atoms with Crippen LogP contribution in [-0.4, -0.2) is 28.8 Å². The number of benzene rings is 3. The molecular weight excluding hydrogens is 346 g/mol. The minimum atomic E-state index is -1.05. The van der Waals surface area contributed by atoms with Gasteiger partial charge in [0.2, 0.25) is 0 Å². The Bertz CT molecular complexity index is 921. The fourth-order valence-electron chi connectivity index (χ4n) is 3.04. The fraction of sp³-hybridized carbons (Fsp3) is 0.143. The first-order chi connectivity index (χ1) is 12.6. The maximum absolute atomic E-state index is 13.2. The van der Waals surface area contributed by atoms with Gasteiger partial charge in [0.15, 0.2) is 0 Å². The number of amides is 1. The Morgan fingerprint density at radius 1 is 0.923 bits per heavy atom. The van der Waals surface area contributed by atoms with Crippen molar-refractivity contribution in [1.82, 2.24) is 0 Å². The summed E-state index contributed by atoms with van der Waals surface area (Å²) in [5.74, 6) is -1.02. The van der Waals surface area contributed by atoms with Crippen LogP contribution >= 0.6 is 12.6 Å². The van der Waals surface area contributed by atoms with Crippen LogP contribution < -0.4 is 4.90 Å². The molecule has 5 heteroatoms. The molecule has 1 atom stereocenters. The van der Waals surface area contributed by atoms with Gasteiger partial charge in [-0.2, -0.15) is 12.6 Å². The minimum Gasteiger partial charge on any atom is -0.480 e. The van der Waals surface area contributed by atoms with Gasteiger partial charge in [0.25, 0.3) is 5.91 Å². The molecular formula is C21H19NO3S. The highest BCUT2D eigenvalue weighted by molar-refractivity contribution is 7.80. The van der Waals surface area contributed by atoms with Crippen molar-refractivity contribution in [2.24, 2.45) is 0 Å². The Labute approximate surface area is 157 Å². The van der Waals surface area contributed by atoms with Gasteiger partial charge in [-0.1, -0.05) is 54.6 Å². The fourth-order valence-corrected chi connectivity index (χ4v) is 3.29. The average Bonchev–Trinajstić information content (AvgIpc) is 2.68. The van der Waals surface area contributed by atoms with E-state index in [1.807, 2.05) is 42.5 Å². The maximum atomic E-state index is 13.2. The number of thiol groups is 1. The van der Waals surface area contributed by atoms with E-state index in [4.69, 9.17) is 0 Å². The van der Waals surface area contributed by atoms with E-state index < -0.39 is 12.0 Å². The number of carbonyl (C=O) groups is 2. The van der Waals surface area contributed by atoms with Gasteiger partial charge in [-0.3, -0.25) is 9.69 Å². The van der Waals surface area contributed by atoms with Crippen LogP contribution in [0, 0.1) is 0 Å². The molecule has 0 aromatic heterocycles. The molecule has 1 amide bonds. The van der Waals surface area contributed by atoms with E-state index in [1.165, 1.54) is 4.90 Å². The Hall–Kier alpha value is -2.79. The molecule has 0 saturated heterocycles. The summed E-state index contributed by atoms with van der Waals surface area (Å²) in [6.45, 7) is 0. The lowest BCUT2D eigenvalue weighted by Crippen LogP contribution is -2.46. The summed E-state index contributed by atoms with van der Waals surface area (Å²) >= 11 is 4.19. The van der Waals surface area contributed by atoms with Crippen LogP contribution in [0.15, 0.2) is 72.8 Å². The second kappa shape index (κ2) is 8.06. The quantitative estimate of drug-likeness (QED) is 0.642. The van der Waals surface area contributed by atoms with Crippen molar-refractivity contribution in [3.63, 3.8) is 0 Å². The summed E-state index contributed by atoms with van der Waals surface area (Å²) in [6, 6.07) is 21.0. The molecule has 0 radical (unpaired) electrons. The summed E-state index contributed by atoms with van der Waals surface area (Å²) in [5, 5.41) is 11.6. The predicted molar refractivity (Wildman–Crippen MR) is 107 cm³/mol. The van der Waals surface area contributed by atoms with Crippen LogP contribution in [0.3, 0.4) is 0 Å². The van der Waals surface area contributed by atoms with E-state index in [9.17, 15) is 14.7 Å². The summed E-state index contributed by atoms with van der Waals surface area (Å²) < 4.78 is 0. The van der Waals surface area contributed by atoms with Crippen LogP contribution in [0.5, 0.6) is 0 Å². The molecule has 0 heterocycles. The van der Waals surface area contributed by atoms with Crippen molar-refractivity contribution in [3.8, 4) is 0 Å². The highest BCUT2D eigenvalue weighted by atomic mass is 32.1. The van der Waals surface area contributed by atoms with E-state index in [1.54, 1.807) is 30.3 Å². The topological polar surface area (TPSA) is 57.6 Å². The van der Waals surface area contributed by atoms with Crippen molar-refractivity contribution in [3.05, 3.63) is 78.4 Å². The number of hydrogen-bond acceptors (Lipinski definition) is 3. The molecule has 0 saturated carbocycles. The second-order valence-corrected chi connectivity index (χ2v) is 6.35. The Balaban J connectivity index is 2.19. The second-order valence-electron chi connectivity index (χ2n) is 5.91. The number of carboxylic acid groups (broad SMARTS) is 1. The normalized spacial score (nSPS) is 11.9. The first-order valence-electron chi connectivity index (χ1n) is 8.33. The number of hydrogen-bond donors (Lipinski definition) is 2. The zero-order valence-electron chi connectivity index (χ0n) is 14.1. The van der Waals surface area contributed by atoms with Crippen molar-refractivity contribution >= 4 is 41.0 Å². The molecule has 0 bridgehead atoms. The number of carbonyl (C=O) groups excluding carboxylic acids is 1. The third-order valence-corrected chi connectivity index (χ3v) is 4.52. The number of anilines is 1. The predicted octanol–water partition coefficient (Wildman–Crippen LogP) is 4.26. The van der Waals surface area contributed by atoms with Gasteiger partial charge in [0.1, 0.15) is 6.04 Å². The molecule has 0 aliphatic carbocycles. The lowest BCUT2D eigenvalue weighted by atomic mass is 10.0. The molecule has 1 N–H and O–H groups in total. The molecule has 26 heavy (non-hydrogen) atoms. The number of nitrogens with zero attached hydrogens (tertiary/aromatic N) is 1. The summed E-state index contributed by atoms with van der Waals surface area (Å²) in [5.41, 5.74) is 1.04. The van der Waals surface area contributed by atoms with Crippen molar-refractivity contribution in [1.29, 1.82) is 0 Å². The first-order valence-corrected chi connectivity index (χ1v) is 8.96. The van der Waals surface area contributed by atoms with Crippen LogP contribution in [0.25, 0.3) is 10.8 Å². The average molecular weight is 365 g/mol. The van der Waals surface area contributed by atoms with Crippen LogP contribution in [0.1, 0.15) is 16.8 Å². The van der Waals surface area contributed by atoms with E-state index >= 15 is 0 Å². The molecule has 132 valence electrons. The first kappa shape index (κ1) is 18.0. The van der Waals surface area contributed by atoms with E-state index in [0.29, 0.717) is 17.0 Å². The SMILES string of the molecule is O=C(O)[C@H](CCS)N(C(=O)c1ccccc1)c1cccc2ccccc12. The zero-order valence-corrected chi connectivity index (χ0v) is 15.0. The molecule has 4 nitrogen and oxygen atoms in total. The lowest BCUT2D eigenvalue weighted by molar-refractivity contribution is -0.138. The Morgan fingerprint density at radius 2 is 1.58 bits per heavy atom. The molecule has 0 unspecified atom stereocenters. The molecule has 3 aromatic rings. The lowest BCUT2D eigenvalue weighted by Gasteiger charge is -2.30. The summed E-state index contributed by atoms with van der Waals surface area (Å²) in [4.78, 5) is 26.6. The zero-order chi connectivity index (χ0) is 18.5. The van der Waals surface area contributed by atoms with Gasteiger partial charge in [-0.25, -0.2) is 4.79 Å². The molecule has 0 spiro atoms. The Morgan fingerprint density at radius 3 is 2.27 bits per heavy atom. The van der Waals surface area contributed by atoms with Gasteiger partial charge in [0, 0.05) is 10.9 Å². The standard InChI is InChI=1S/C21H19NO3S/c23-20(16-8-2-1-3-9-16)22(19(13-14-26)21(24)25)18-12-6-10-15-7-4-5-11-17(15)18/h1-12,19,26H,13-14H2,(H,24,25)/t19-/m0/s1. The highest BCUT2D eigenvalue weighted by Crippen LogP contribution is 2.30. The third kappa shape index (κ3) is 3.58. The number of carboxylic acids is 1. The molecule has 3 aromatic carbocycles. The van der Waals surface area contributed by atoms with E-state index in [2.05, 4.69) is 12.6 Å². The van der Waals surface area contributed by atoms with Crippen molar-refractivity contribution in [2.75, 3.05) is 10.7 Å². The monoisotopic (exact) mass is 365 g/mol. The smallest absolute Gasteiger partial charge is 0.326 e. The van der Waals surface area contributed by atoms with Gasteiger partial charge in [0.05, 0.1) is 5.69 Å². The van der Waals surface area contributed by atoms with Gasteiger partial charge in [-0.05, 0) is 35.8 Å². The van der Waals surface area contributed by atoms with Gasteiger partial charge in [-0.15, -0.1) is 0 Å². The van der Waals surface area contributed by atoms with E-state index in [-0.39, 0.29) is 12.3 Å². The Kier molecular flexibility index (Phi) is 5.58. The minimum absolute atomic E-state index is 0.250. The molecule has 0 aliphatic heterocycles. The largest absolute Gasteiger partial charge is 0.480 e. The van der Waals surface area contributed by atoms with Gasteiger partial charge >= 0.3 is 5.97 Å². The number of aliphatic carboxylic acids is 1.